The van der Waals surface area contributed by atoms with Crippen LogP contribution in [-0.4, -0.2) is 24.7 Å². The van der Waals surface area contributed by atoms with E-state index in [2.05, 4.69) is 24.1 Å². The lowest BCUT2D eigenvalue weighted by atomic mass is 9.98. The molecule has 0 unspecified atom stereocenters. The molecule has 14 heavy (non-hydrogen) atoms. The summed E-state index contributed by atoms with van der Waals surface area (Å²) in [5.74, 6) is 0.675. The molecule has 3 heteroatoms. The topological polar surface area (TPSA) is 34.1 Å². The van der Waals surface area contributed by atoms with Crippen LogP contribution in [0, 0.1) is 0 Å². The maximum absolute atomic E-state index is 5.07. The summed E-state index contributed by atoms with van der Waals surface area (Å²) < 4.78 is 5.07. The van der Waals surface area contributed by atoms with Crippen LogP contribution >= 0.6 is 0 Å². The van der Waals surface area contributed by atoms with Gasteiger partial charge in [0.2, 0.25) is 5.88 Å². The molecule has 0 spiro atoms. The largest absolute Gasteiger partial charge is 0.481 e. The monoisotopic (exact) mass is 194 g/mol. The molecule has 1 N–H and O–H groups in total. The van der Waals surface area contributed by atoms with Gasteiger partial charge in [0.25, 0.3) is 0 Å². The number of rotatable bonds is 4. The van der Waals surface area contributed by atoms with Crippen molar-refractivity contribution in [2.75, 3.05) is 14.2 Å². The molecule has 0 saturated carbocycles. The minimum atomic E-state index is 0.0688. The third-order valence-electron chi connectivity index (χ3n) is 2.29. The molecule has 0 aliphatic rings. The van der Waals surface area contributed by atoms with Crippen molar-refractivity contribution < 1.29 is 4.74 Å². The SMILES string of the molecule is CNC(C)(C)Cc1cccc(OC)n1. The number of hydrogen-bond donors (Lipinski definition) is 1. The van der Waals surface area contributed by atoms with Gasteiger partial charge in [0, 0.05) is 23.7 Å². The third kappa shape index (κ3) is 3.00. The summed E-state index contributed by atoms with van der Waals surface area (Å²) in [5, 5.41) is 3.25. The highest BCUT2D eigenvalue weighted by atomic mass is 16.5. The number of ether oxygens (including phenoxy) is 1. The summed E-state index contributed by atoms with van der Waals surface area (Å²) in [6.45, 7) is 4.29. The molecule has 0 aromatic carbocycles. The van der Waals surface area contributed by atoms with Gasteiger partial charge in [-0.15, -0.1) is 0 Å². The summed E-state index contributed by atoms with van der Waals surface area (Å²) >= 11 is 0. The minimum Gasteiger partial charge on any atom is -0.481 e. The molecule has 0 aliphatic heterocycles. The van der Waals surface area contributed by atoms with E-state index in [0.29, 0.717) is 5.88 Å². The Hall–Kier alpha value is -1.09. The van der Waals surface area contributed by atoms with Crippen LogP contribution in [0.4, 0.5) is 0 Å². The van der Waals surface area contributed by atoms with E-state index in [1.807, 2.05) is 25.2 Å². The van der Waals surface area contributed by atoms with Crippen molar-refractivity contribution in [3.63, 3.8) is 0 Å². The van der Waals surface area contributed by atoms with Crippen molar-refractivity contribution in [1.82, 2.24) is 10.3 Å². The molecular formula is C11H18N2O. The highest BCUT2D eigenvalue weighted by Gasteiger charge is 2.16. The van der Waals surface area contributed by atoms with Crippen LogP contribution in [0.25, 0.3) is 0 Å². The van der Waals surface area contributed by atoms with Crippen molar-refractivity contribution in [3.8, 4) is 5.88 Å². The molecule has 0 atom stereocenters. The molecule has 0 bridgehead atoms. The number of methoxy groups -OCH3 is 1. The summed E-state index contributed by atoms with van der Waals surface area (Å²) in [4.78, 5) is 4.36. The Kier molecular flexibility index (Phi) is 3.47. The summed E-state index contributed by atoms with van der Waals surface area (Å²) in [5.41, 5.74) is 1.11. The Balaban J connectivity index is 2.76. The maximum Gasteiger partial charge on any atom is 0.213 e. The van der Waals surface area contributed by atoms with Crippen molar-refractivity contribution in [1.29, 1.82) is 0 Å². The van der Waals surface area contributed by atoms with Gasteiger partial charge in [0.15, 0.2) is 0 Å². The van der Waals surface area contributed by atoms with E-state index in [1.165, 1.54) is 0 Å². The number of aromatic nitrogens is 1. The van der Waals surface area contributed by atoms with Crippen LogP contribution in [0.5, 0.6) is 5.88 Å². The van der Waals surface area contributed by atoms with E-state index < -0.39 is 0 Å². The van der Waals surface area contributed by atoms with Gasteiger partial charge < -0.3 is 10.1 Å². The highest BCUT2D eigenvalue weighted by molar-refractivity contribution is 5.17. The van der Waals surface area contributed by atoms with Crippen LogP contribution in [-0.2, 0) is 6.42 Å². The van der Waals surface area contributed by atoms with E-state index in [0.717, 1.165) is 12.1 Å². The lowest BCUT2D eigenvalue weighted by Crippen LogP contribution is -2.38. The number of nitrogens with one attached hydrogen (secondary N) is 1. The summed E-state index contributed by atoms with van der Waals surface area (Å²) in [7, 11) is 3.59. The Morgan fingerprint density at radius 3 is 2.71 bits per heavy atom. The van der Waals surface area contributed by atoms with E-state index >= 15 is 0 Å². The second-order valence-electron chi connectivity index (χ2n) is 3.98. The van der Waals surface area contributed by atoms with Crippen LogP contribution in [0.1, 0.15) is 19.5 Å². The maximum atomic E-state index is 5.07. The fourth-order valence-corrected chi connectivity index (χ4v) is 1.21. The molecule has 0 amide bonds. The number of hydrogen-bond acceptors (Lipinski definition) is 3. The molecule has 0 aliphatic carbocycles. The Morgan fingerprint density at radius 2 is 2.14 bits per heavy atom. The lowest BCUT2D eigenvalue weighted by molar-refractivity contribution is 0.387. The normalized spacial score (nSPS) is 11.4. The Labute approximate surface area is 85.5 Å². The fourth-order valence-electron chi connectivity index (χ4n) is 1.21. The Bertz CT molecular complexity index is 297. The van der Waals surface area contributed by atoms with Gasteiger partial charge in [0.1, 0.15) is 0 Å². The summed E-state index contributed by atoms with van der Waals surface area (Å²) in [6, 6.07) is 5.84. The molecule has 0 radical (unpaired) electrons. The summed E-state index contributed by atoms with van der Waals surface area (Å²) in [6.07, 6.45) is 0.890. The van der Waals surface area contributed by atoms with Crippen LogP contribution in [0.15, 0.2) is 18.2 Å². The molecule has 3 nitrogen and oxygen atoms in total. The van der Waals surface area contributed by atoms with Gasteiger partial charge in [0.05, 0.1) is 7.11 Å². The van der Waals surface area contributed by atoms with Gasteiger partial charge in [-0.2, -0.15) is 0 Å². The van der Waals surface area contributed by atoms with E-state index in [4.69, 9.17) is 4.74 Å². The second kappa shape index (κ2) is 4.42. The van der Waals surface area contributed by atoms with Crippen molar-refractivity contribution in [2.45, 2.75) is 25.8 Å². The van der Waals surface area contributed by atoms with E-state index in [-0.39, 0.29) is 5.54 Å². The van der Waals surface area contributed by atoms with Gasteiger partial charge in [-0.25, -0.2) is 4.98 Å². The standard InChI is InChI=1S/C11H18N2O/c1-11(2,12-3)8-9-6-5-7-10(13-9)14-4/h5-7,12H,8H2,1-4H3. The van der Waals surface area contributed by atoms with Gasteiger partial charge in [-0.3, -0.25) is 0 Å². The highest BCUT2D eigenvalue weighted by Crippen LogP contribution is 2.13. The molecule has 1 heterocycles. The Morgan fingerprint density at radius 1 is 1.43 bits per heavy atom. The molecule has 1 aromatic rings. The van der Waals surface area contributed by atoms with Crippen molar-refractivity contribution in [2.24, 2.45) is 0 Å². The predicted molar refractivity (Wildman–Crippen MR) is 57.6 cm³/mol. The number of pyridine rings is 1. The third-order valence-corrected chi connectivity index (χ3v) is 2.29. The van der Waals surface area contributed by atoms with Crippen molar-refractivity contribution >= 4 is 0 Å². The molecule has 78 valence electrons. The second-order valence-corrected chi connectivity index (χ2v) is 3.98. The fraction of sp³-hybridized carbons (Fsp3) is 0.545. The lowest BCUT2D eigenvalue weighted by Gasteiger charge is -2.23. The van der Waals surface area contributed by atoms with E-state index in [1.54, 1.807) is 7.11 Å². The van der Waals surface area contributed by atoms with Crippen molar-refractivity contribution in [3.05, 3.63) is 23.9 Å². The zero-order valence-electron chi connectivity index (χ0n) is 9.29. The minimum absolute atomic E-state index is 0.0688. The predicted octanol–water partition coefficient (Wildman–Crippen LogP) is 1.63. The zero-order chi connectivity index (χ0) is 10.6. The number of nitrogens with zero attached hydrogens (tertiary/aromatic N) is 1. The average molecular weight is 194 g/mol. The van der Waals surface area contributed by atoms with Gasteiger partial charge in [-0.05, 0) is 27.0 Å². The van der Waals surface area contributed by atoms with Gasteiger partial charge in [-0.1, -0.05) is 6.07 Å². The molecule has 0 fully saturated rings. The first kappa shape index (κ1) is 11.0. The number of likely N-dealkylation sites (N-methyl/N-ethyl adjacent to an activating group) is 1. The molecule has 1 aromatic heterocycles. The molecule has 0 saturated heterocycles. The first-order chi connectivity index (χ1) is 6.57. The first-order valence-corrected chi connectivity index (χ1v) is 4.76. The van der Waals surface area contributed by atoms with Gasteiger partial charge >= 0.3 is 0 Å². The first-order valence-electron chi connectivity index (χ1n) is 4.76. The molecular weight excluding hydrogens is 176 g/mol. The van der Waals surface area contributed by atoms with Crippen LogP contribution < -0.4 is 10.1 Å². The molecule has 1 rings (SSSR count). The quantitative estimate of drug-likeness (QED) is 0.791. The van der Waals surface area contributed by atoms with E-state index in [9.17, 15) is 0 Å². The van der Waals surface area contributed by atoms with Crippen LogP contribution in [0.3, 0.4) is 0 Å². The van der Waals surface area contributed by atoms with Crippen LogP contribution in [0.2, 0.25) is 0 Å². The smallest absolute Gasteiger partial charge is 0.213 e. The average Bonchev–Trinajstić information content (AvgIpc) is 2.17. The zero-order valence-corrected chi connectivity index (χ0v) is 9.29.